The second-order valence-electron chi connectivity index (χ2n) is 4.44. The second-order valence-corrected chi connectivity index (χ2v) is 4.44. The largest absolute Gasteiger partial charge is 0.377 e. The molecule has 5 nitrogen and oxygen atoms in total. The van der Waals surface area contributed by atoms with Gasteiger partial charge in [0.2, 0.25) is 0 Å². The summed E-state index contributed by atoms with van der Waals surface area (Å²) in [4.78, 5) is 0. The number of rotatable bonds is 0. The van der Waals surface area contributed by atoms with Crippen molar-refractivity contribution in [2.75, 3.05) is 0 Å². The van der Waals surface area contributed by atoms with Crippen LogP contribution >= 0.6 is 0 Å². The molecule has 4 unspecified atom stereocenters. The van der Waals surface area contributed by atoms with Gasteiger partial charge in [0.1, 0.15) is 23.3 Å². The van der Waals surface area contributed by atoms with Crippen LogP contribution in [0.15, 0.2) is 0 Å². The minimum Gasteiger partial charge on any atom is -0.377 e. The number of nitrogens with one attached hydrogen (secondary N) is 1. The van der Waals surface area contributed by atoms with Crippen molar-refractivity contribution in [2.24, 2.45) is 16.2 Å². The summed E-state index contributed by atoms with van der Waals surface area (Å²) in [6.45, 7) is 3.43. The van der Waals surface area contributed by atoms with E-state index in [1.165, 1.54) is 0 Å². The summed E-state index contributed by atoms with van der Waals surface area (Å²) in [6.07, 6.45) is -2.28. The lowest BCUT2D eigenvalue weighted by molar-refractivity contribution is 0.0244. The zero-order valence-electron chi connectivity index (χ0n) is 7.94. The van der Waals surface area contributed by atoms with E-state index < -0.39 is 28.7 Å². The first-order chi connectivity index (χ1) is 6.42. The maximum Gasteiger partial charge on any atom is 0.128 e. The molecule has 0 aromatic heterocycles. The fourth-order valence-corrected chi connectivity index (χ4v) is 3.04. The second kappa shape index (κ2) is 2.09. The zero-order chi connectivity index (χ0) is 10.8. The summed E-state index contributed by atoms with van der Waals surface area (Å²) in [5, 5.41) is 39.9. The van der Waals surface area contributed by atoms with E-state index in [0.29, 0.717) is 0 Å². The average Bonchev–Trinajstić information content (AvgIpc) is 2.43. The third-order valence-corrected chi connectivity index (χ3v) is 4.02. The van der Waals surface area contributed by atoms with Crippen molar-refractivity contribution < 1.29 is 10.2 Å². The first kappa shape index (κ1) is 9.42. The number of fused-ring (bicyclic) bond motifs is 1. The molecular weight excluding hydrogens is 182 g/mol. The molecule has 1 saturated heterocycles. The molecule has 0 aromatic rings. The van der Waals surface area contributed by atoms with Gasteiger partial charge in [0, 0.05) is 5.41 Å². The third kappa shape index (κ3) is 0.502. The molecule has 5 heteroatoms. The van der Waals surface area contributed by atoms with E-state index in [9.17, 15) is 10.2 Å². The fraction of sp³-hybridized carbons (Fsp3) is 0.778. The van der Waals surface area contributed by atoms with Crippen LogP contribution < -0.4 is 5.32 Å². The quantitative estimate of drug-likeness (QED) is 0.471. The van der Waals surface area contributed by atoms with Crippen molar-refractivity contribution in [3.8, 4) is 12.1 Å². The molecule has 0 radical (unpaired) electrons. The van der Waals surface area contributed by atoms with E-state index >= 15 is 0 Å². The highest BCUT2D eigenvalue weighted by molar-refractivity contribution is 5.48. The smallest absolute Gasteiger partial charge is 0.128 e. The Kier molecular flexibility index (Phi) is 1.41. The van der Waals surface area contributed by atoms with Crippen LogP contribution in [0.4, 0.5) is 0 Å². The summed E-state index contributed by atoms with van der Waals surface area (Å²) >= 11 is 0. The number of piperidine rings is 1. The highest BCUT2D eigenvalue weighted by atomic mass is 16.3. The van der Waals surface area contributed by atoms with E-state index in [-0.39, 0.29) is 0 Å². The maximum absolute atomic E-state index is 9.65. The Morgan fingerprint density at radius 3 is 1.64 bits per heavy atom. The Balaban J connectivity index is 2.62. The highest BCUT2D eigenvalue weighted by Gasteiger charge is 2.93. The van der Waals surface area contributed by atoms with Gasteiger partial charge in [-0.15, -0.1) is 0 Å². The molecule has 1 aliphatic heterocycles. The molecule has 4 atom stereocenters. The Morgan fingerprint density at radius 1 is 1.07 bits per heavy atom. The van der Waals surface area contributed by atoms with Crippen LogP contribution in [0.3, 0.4) is 0 Å². The fourth-order valence-electron chi connectivity index (χ4n) is 3.04. The highest BCUT2D eigenvalue weighted by Crippen LogP contribution is 2.82. The molecule has 0 bridgehead atoms. The minimum atomic E-state index is -1.19. The molecule has 0 amide bonds. The topological polar surface area (TPSA) is 100 Å². The lowest BCUT2D eigenvalue weighted by Crippen LogP contribution is -2.42. The Bertz CT molecular complexity index is 346. The SMILES string of the molecule is CC1(C)C2(C#N)C(O)NC(O)C12C#N. The summed E-state index contributed by atoms with van der Waals surface area (Å²) in [5.74, 6) is 0. The van der Waals surface area contributed by atoms with E-state index in [4.69, 9.17) is 10.5 Å². The lowest BCUT2D eigenvalue weighted by atomic mass is 9.95. The third-order valence-electron chi connectivity index (χ3n) is 4.02. The van der Waals surface area contributed by atoms with Crippen molar-refractivity contribution in [1.29, 1.82) is 10.5 Å². The van der Waals surface area contributed by atoms with Gasteiger partial charge in [0.25, 0.3) is 0 Å². The number of aliphatic hydroxyl groups excluding tert-OH is 2. The number of hydrogen-bond acceptors (Lipinski definition) is 5. The van der Waals surface area contributed by atoms with Crippen LogP contribution in [0.5, 0.6) is 0 Å². The predicted octanol–water partition coefficient (Wildman–Crippen LogP) is -0.714. The van der Waals surface area contributed by atoms with Gasteiger partial charge in [0.05, 0.1) is 12.1 Å². The van der Waals surface area contributed by atoms with Gasteiger partial charge in [-0.2, -0.15) is 10.5 Å². The van der Waals surface area contributed by atoms with Gasteiger partial charge in [0.15, 0.2) is 0 Å². The average molecular weight is 193 g/mol. The van der Waals surface area contributed by atoms with Gasteiger partial charge >= 0.3 is 0 Å². The molecule has 0 spiro atoms. The molecule has 2 fully saturated rings. The van der Waals surface area contributed by atoms with Gasteiger partial charge in [-0.05, 0) is 0 Å². The number of hydrogen-bond donors (Lipinski definition) is 3. The molecule has 14 heavy (non-hydrogen) atoms. The van der Waals surface area contributed by atoms with Gasteiger partial charge in [-0.25, -0.2) is 0 Å². The Morgan fingerprint density at radius 2 is 1.43 bits per heavy atom. The van der Waals surface area contributed by atoms with E-state index in [1.807, 2.05) is 12.1 Å². The lowest BCUT2D eigenvalue weighted by Gasteiger charge is -2.21. The molecule has 74 valence electrons. The van der Waals surface area contributed by atoms with Crippen LogP contribution in [-0.2, 0) is 0 Å². The van der Waals surface area contributed by atoms with E-state index in [1.54, 1.807) is 13.8 Å². The standard InChI is InChI=1S/C9H11N3O2/c1-7(2)8(3-10)5(13)12-6(14)9(7,8)4-11/h5-6,12-14H,1-2H3. The monoisotopic (exact) mass is 193 g/mol. The summed E-state index contributed by atoms with van der Waals surface area (Å²) in [7, 11) is 0. The predicted molar refractivity (Wildman–Crippen MR) is 45.0 cm³/mol. The first-order valence-corrected chi connectivity index (χ1v) is 4.37. The number of aliphatic hydroxyl groups is 2. The summed E-state index contributed by atoms with van der Waals surface area (Å²) < 4.78 is 0. The van der Waals surface area contributed by atoms with Gasteiger partial charge in [-0.3, -0.25) is 5.32 Å². The molecule has 2 aliphatic rings. The minimum absolute atomic E-state index is 0.687. The van der Waals surface area contributed by atoms with Crippen LogP contribution in [0.2, 0.25) is 0 Å². The number of nitrogens with zero attached hydrogens (tertiary/aromatic N) is 2. The van der Waals surface area contributed by atoms with Crippen molar-refractivity contribution in [1.82, 2.24) is 5.32 Å². The van der Waals surface area contributed by atoms with Gasteiger partial charge in [-0.1, -0.05) is 13.8 Å². The molecular formula is C9H11N3O2. The van der Waals surface area contributed by atoms with Crippen LogP contribution in [0.1, 0.15) is 13.8 Å². The molecule has 3 N–H and O–H groups in total. The van der Waals surface area contributed by atoms with Crippen molar-refractivity contribution in [3.05, 3.63) is 0 Å². The molecule has 1 heterocycles. The summed E-state index contributed by atoms with van der Waals surface area (Å²) in [5.41, 5.74) is -3.06. The molecule has 2 rings (SSSR count). The molecule has 1 aliphatic carbocycles. The van der Waals surface area contributed by atoms with Crippen molar-refractivity contribution >= 4 is 0 Å². The first-order valence-electron chi connectivity index (χ1n) is 4.37. The van der Waals surface area contributed by atoms with Crippen LogP contribution in [0.25, 0.3) is 0 Å². The van der Waals surface area contributed by atoms with Crippen molar-refractivity contribution in [3.63, 3.8) is 0 Å². The molecule has 0 aromatic carbocycles. The summed E-state index contributed by atoms with van der Waals surface area (Å²) in [6, 6.07) is 3.96. The zero-order valence-corrected chi connectivity index (χ0v) is 7.94. The molecule has 1 saturated carbocycles. The number of nitriles is 2. The van der Waals surface area contributed by atoms with Gasteiger partial charge < -0.3 is 10.2 Å². The Labute approximate surface area is 81.6 Å². The normalized spacial score (nSPS) is 53.0. The van der Waals surface area contributed by atoms with E-state index in [2.05, 4.69) is 5.32 Å². The Hall–Kier alpha value is -1.14. The maximum atomic E-state index is 9.65. The van der Waals surface area contributed by atoms with Crippen LogP contribution in [-0.4, -0.2) is 22.7 Å². The van der Waals surface area contributed by atoms with E-state index in [0.717, 1.165) is 0 Å². The van der Waals surface area contributed by atoms with Crippen LogP contribution in [0, 0.1) is 38.9 Å². The van der Waals surface area contributed by atoms with Crippen molar-refractivity contribution in [2.45, 2.75) is 26.3 Å².